The highest BCUT2D eigenvalue weighted by molar-refractivity contribution is 7.09. The zero-order valence-corrected chi connectivity index (χ0v) is 11.7. The van der Waals surface area contributed by atoms with Crippen LogP contribution in [0.2, 0.25) is 5.02 Å². The molecule has 0 aliphatic heterocycles. The number of nitrogens with one attached hydrogen (secondary N) is 1. The summed E-state index contributed by atoms with van der Waals surface area (Å²) in [5.41, 5.74) is 5.25. The molecule has 0 saturated carbocycles. The molecule has 2 rings (SSSR count). The molecule has 2 nitrogen and oxygen atoms in total. The summed E-state index contributed by atoms with van der Waals surface area (Å²) in [6.45, 7) is 6.25. The van der Waals surface area contributed by atoms with E-state index in [9.17, 15) is 0 Å². The van der Waals surface area contributed by atoms with Crippen LogP contribution in [0.4, 0.5) is 5.69 Å². The third-order valence-corrected chi connectivity index (χ3v) is 4.10. The molecule has 1 unspecified atom stereocenters. The molecule has 0 amide bonds. The molecule has 0 aliphatic carbocycles. The fourth-order valence-electron chi connectivity index (χ4n) is 1.78. The summed E-state index contributed by atoms with van der Waals surface area (Å²) in [6, 6.07) is 6.14. The van der Waals surface area contributed by atoms with Crippen LogP contribution in [0.5, 0.6) is 0 Å². The highest BCUT2D eigenvalue weighted by Crippen LogP contribution is 2.28. The van der Waals surface area contributed by atoms with Crippen LogP contribution in [0, 0.1) is 13.8 Å². The minimum Gasteiger partial charge on any atom is -0.377 e. The van der Waals surface area contributed by atoms with Gasteiger partial charge < -0.3 is 5.32 Å². The van der Waals surface area contributed by atoms with Gasteiger partial charge in [-0.3, -0.25) is 0 Å². The molecule has 17 heavy (non-hydrogen) atoms. The van der Waals surface area contributed by atoms with Crippen molar-refractivity contribution in [3.63, 3.8) is 0 Å². The van der Waals surface area contributed by atoms with Crippen molar-refractivity contribution in [2.75, 3.05) is 5.32 Å². The van der Waals surface area contributed by atoms with Gasteiger partial charge in [-0.25, -0.2) is 4.98 Å². The van der Waals surface area contributed by atoms with Gasteiger partial charge in [-0.1, -0.05) is 17.7 Å². The van der Waals surface area contributed by atoms with Crippen LogP contribution < -0.4 is 5.32 Å². The number of hydrogen-bond donors (Lipinski definition) is 1. The van der Waals surface area contributed by atoms with E-state index in [2.05, 4.69) is 24.1 Å². The first-order valence-corrected chi connectivity index (χ1v) is 6.76. The van der Waals surface area contributed by atoms with E-state index < -0.39 is 0 Å². The Hall–Kier alpha value is -1.06. The molecule has 0 spiro atoms. The molecular formula is C13H15ClN2S. The van der Waals surface area contributed by atoms with Gasteiger partial charge >= 0.3 is 0 Å². The van der Waals surface area contributed by atoms with Crippen molar-refractivity contribution >= 4 is 28.6 Å². The maximum Gasteiger partial charge on any atom is 0.0798 e. The molecule has 0 aliphatic rings. The largest absolute Gasteiger partial charge is 0.377 e. The number of halogens is 1. The number of rotatable bonds is 3. The summed E-state index contributed by atoms with van der Waals surface area (Å²) in [7, 11) is 0. The van der Waals surface area contributed by atoms with Crippen LogP contribution in [0.3, 0.4) is 0 Å². The molecule has 0 radical (unpaired) electrons. The van der Waals surface area contributed by atoms with Gasteiger partial charge in [-0.15, -0.1) is 11.3 Å². The number of anilines is 1. The summed E-state index contributed by atoms with van der Waals surface area (Å²) in [5, 5.41) is 4.24. The van der Waals surface area contributed by atoms with Crippen molar-refractivity contribution in [1.29, 1.82) is 0 Å². The molecule has 1 heterocycles. The van der Waals surface area contributed by atoms with Crippen LogP contribution in [-0.2, 0) is 0 Å². The van der Waals surface area contributed by atoms with Gasteiger partial charge in [0, 0.05) is 15.6 Å². The van der Waals surface area contributed by atoms with Crippen LogP contribution in [-0.4, -0.2) is 4.98 Å². The predicted octanol–water partition coefficient (Wildman–Crippen LogP) is 4.59. The molecule has 2 aromatic rings. The summed E-state index contributed by atoms with van der Waals surface area (Å²) in [5.74, 6) is 0. The number of hydrogen-bond acceptors (Lipinski definition) is 3. The number of nitrogens with zero attached hydrogens (tertiary/aromatic N) is 1. The number of thiazole rings is 1. The van der Waals surface area contributed by atoms with Crippen molar-refractivity contribution < 1.29 is 0 Å². The van der Waals surface area contributed by atoms with Crippen molar-refractivity contribution in [3.05, 3.63) is 44.9 Å². The van der Waals surface area contributed by atoms with Gasteiger partial charge in [0.15, 0.2) is 0 Å². The second kappa shape index (κ2) is 5.07. The zero-order valence-electron chi connectivity index (χ0n) is 10.1. The minimum absolute atomic E-state index is 0.250. The summed E-state index contributed by atoms with van der Waals surface area (Å²) >= 11 is 7.69. The molecule has 0 saturated heterocycles. The smallest absolute Gasteiger partial charge is 0.0798 e. The second-order valence-corrected chi connectivity index (χ2v) is 5.45. The molecule has 0 bridgehead atoms. The standard InChI is InChI=1S/C13H15ClN2S/c1-8-4-5-11(14)6-12(8)16-10(3)13-9(2)15-7-17-13/h4-7,10,16H,1-3H3. The molecule has 1 aromatic heterocycles. The van der Waals surface area contributed by atoms with Gasteiger partial charge in [0.2, 0.25) is 0 Å². The average Bonchev–Trinajstić information content (AvgIpc) is 2.70. The van der Waals surface area contributed by atoms with Gasteiger partial charge in [0.25, 0.3) is 0 Å². The first kappa shape index (κ1) is 12.4. The lowest BCUT2D eigenvalue weighted by Gasteiger charge is -2.16. The topological polar surface area (TPSA) is 24.9 Å². The minimum atomic E-state index is 0.250. The van der Waals surface area contributed by atoms with Crippen molar-refractivity contribution in [2.45, 2.75) is 26.8 Å². The van der Waals surface area contributed by atoms with E-state index in [1.165, 1.54) is 10.4 Å². The highest BCUT2D eigenvalue weighted by Gasteiger charge is 2.11. The van der Waals surface area contributed by atoms with Gasteiger partial charge in [0.1, 0.15) is 0 Å². The molecule has 4 heteroatoms. The lowest BCUT2D eigenvalue weighted by Crippen LogP contribution is -2.07. The van der Waals surface area contributed by atoms with Crippen molar-refractivity contribution in [2.24, 2.45) is 0 Å². The molecule has 1 N–H and O–H groups in total. The molecule has 0 fully saturated rings. The fraction of sp³-hybridized carbons (Fsp3) is 0.308. The maximum atomic E-state index is 6.01. The van der Waals surface area contributed by atoms with Gasteiger partial charge in [-0.05, 0) is 38.5 Å². The van der Waals surface area contributed by atoms with Gasteiger partial charge in [-0.2, -0.15) is 0 Å². The fourth-order valence-corrected chi connectivity index (χ4v) is 2.76. The normalized spacial score (nSPS) is 12.5. The SMILES string of the molecule is Cc1ccc(Cl)cc1NC(C)c1scnc1C. The zero-order chi connectivity index (χ0) is 12.4. The third-order valence-electron chi connectivity index (χ3n) is 2.75. The van der Waals surface area contributed by atoms with Crippen LogP contribution in [0.25, 0.3) is 0 Å². The Morgan fingerprint density at radius 2 is 2.12 bits per heavy atom. The Kier molecular flexibility index (Phi) is 3.69. The third kappa shape index (κ3) is 2.79. The molecular weight excluding hydrogens is 252 g/mol. The maximum absolute atomic E-state index is 6.01. The van der Waals surface area contributed by atoms with Crippen LogP contribution in [0.15, 0.2) is 23.7 Å². The van der Waals surface area contributed by atoms with Crippen molar-refractivity contribution in [3.8, 4) is 0 Å². The van der Waals surface area contributed by atoms with E-state index in [1.807, 2.05) is 30.6 Å². The van der Waals surface area contributed by atoms with E-state index in [4.69, 9.17) is 11.6 Å². The summed E-state index contributed by atoms with van der Waals surface area (Å²) in [4.78, 5) is 5.54. The van der Waals surface area contributed by atoms with E-state index in [0.717, 1.165) is 16.4 Å². The van der Waals surface area contributed by atoms with Gasteiger partial charge in [0.05, 0.1) is 17.2 Å². The Morgan fingerprint density at radius 3 is 2.76 bits per heavy atom. The lowest BCUT2D eigenvalue weighted by molar-refractivity contribution is 0.888. The van der Waals surface area contributed by atoms with E-state index in [-0.39, 0.29) is 6.04 Å². The van der Waals surface area contributed by atoms with Crippen molar-refractivity contribution in [1.82, 2.24) is 4.98 Å². The molecule has 1 atom stereocenters. The average molecular weight is 267 g/mol. The first-order valence-electron chi connectivity index (χ1n) is 5.50. The number of aromatic nitrogens is 1. The Morgan fingerprint density at radius 1 is 1.35 bits per heavy atom. The summed E-state index contributed by atoms with van der Waals surface area (Å²) < 4.78 is 0. The Labute approximate surface area is 111 Å². The van der Waals surface area contributed by atoms with Crippen LogP contribution in [0.1, 0.15) is 29.1 Å². The Bertz CT molecular complexity index is 522. The monoisotopic (exact) mass is 266 g/mol. The second-order valence-electron chi connectivity index (χ2n) is 4.13. The number of aryl methyl sites for hydroxylation is 2. The van der Waals surface area contributed by atoms with E-state index >= 15 is 0 Å². The highest BCUT2D eigenvalue weighted by atomic mass is 35.5. The van der Waals surface area contributed by atoms with Crippen LogP contribution >= 0.6 is 22.9 Å². The first-order chi connectivity index (χ1) is 8.08. The number of benzene rings is 1. The Balaban J connectivity index is 2.21. The van der Waals surface area contributed by atoms with E-state index in [1.54, 1.807) is 11.3 Å². The molecule has 90 valence electrons. The van der Waals surface area contributed by atoms with E-state index in [0.29, 0.717) is 0 Å². The summed E-state index contributed by atoms with van der Waals surface area (Å²) in [6.07, 6.45) is 0. The quantitative estimate of drug-likeness (QED) is 0.879. The molecule has 1 aromatic carbocycles. The lowest BCUT2D eigenvalue weighted by atomic mass is 10.1. The predicted molar refractivity (Wildman–Crippen MR) is 75.1 cm³/mol.